The third-order valence-electron chi connectivity index (χ3n) is 3.06. The Labute approximate surface area is 99.3 Å². The molecule has 16 heavy (non-hydrogen) atoms. The predicted molar refractivity (Wildman–Crippen MR) is 68.7 cm³/mol. The largest absolute Gasteiger partial charge is 0.335 e. The molecule has 92 valence electrons. The minimum Gasteiger partial charge on any atom is -0.335 e. The lowest BCUT2D eigenvalue weighted by Crippen LogP contribution is -2.17. The molecular weight excluding hydrogens is 198 g/mol. The Bertz CT molecular complexity index is 291. The number of aromatic nitrogens is 2. The molecule has 0 fully saturated rings. The average molecular weight is 223 g/mol. The van der Waals surface area contributed by atoms with Gasteiger partial charge in [-0.2, -0.15) is 0 Å². The first-order chi connectivity index (χ1) is 7.75. The maximum Gasteiger partial charge on any atom is 0.105 e. The summed E-state index contributed by atoms with van der Waals surface area (Å²) in [7, 11) is 2.09. The monoisotopic (exact) mass is 223 g/mol. The first kappa shape index (κ1) is 13.2. The second kappa shape index (κ2) is 7.44. The molecule has 1 aromatic heterocycles. The summed E-state index contributed by atoms with van der Waals surface area (Å²) in [5, 5.41) is 3.49. The molecule has 0 bridgehead atoms. The zero-order chi connectivity index (χ0) is 11.8. The molecule has 0 unspecified atom stereocenters. The van der Waals surface area contributed by atoms with Crippen molar-refractivity contribution in [2.24, 2.45) is 7.05 Å². The summed E-state index contributed by atoms with van der Waals surface area (Å²) in [6.45, 7) is 6.57. The van der Waals surface area contributed by atoms with Crippen LogP contribution >= 0.6 is 0 Å². The average Bonchev–Trinajstić information content (AvgIpc) is 2.59. The van der Waals surface area contributed by atoms with Gasteiger partial charge in [-0.3, -0.25) is 0 Å². The van der Waals surface area contributed by atoms with Gasteiger partial charge in [0, 0.05) is 18.9 Å². The van der Waals surface area contributed by atoms with Gasteiger partial charge in [-0.05, 0) is 39.3 Å². The zero-order valence-electron chi connectivity index (χ0n) is 10.9. The maximum absolute atomic E-state index is 4.30. The van der Waals surface area contributed by atoms with Crippen molar-refractivity contribution in [2.45, 2.75) is 46.0 Å². The van der Waals surface area contributed by atoms with Crippen molar-refractivity contribution in [1.29, 1.82) is 0 Å². The highest BCUT2D eigenvalue weighted by Gasteiger charge is 2.01. The van der Waals surface area contributed by atoms with Crippen LogP contribution < -0.4 is 5.32 Å². The fraction of sp³-hybridized carbons (Fsp3) is 0.769. The number of rotatable bonds is 8. The van der Waals surface area contributed by atoms with E-state index in [2.05, 4.69) is 28.8 Å². The van der Waals surface area contributed by atoms with E-state index in [0.717, 1.165) is 25.3 Å². The van der Waals surface area contributed by atoms with Gasteiger partial charge in [0.1, 0.15) is 5.82 Å². The van der Waals surface area contributed by atoms with Crippen molar-refractivity contribution in [2.75, 3.05) is 13.1 Å². The molecule has 1 aromatic rings. The Balaban J connectivity index is 2.05. The quantitative estimate of drug-likeness (QED) is 0.686. The Morgan fingerprint density at radius 2 is 2.00 bits per heavy atom. The summed E-state index contributed by atoms with van der Waals surface area (Å²) < 4.78 is 2.18. The van der Waals surface area contributed by atoms with E-state index in [4.69, 9.17) is 0 Å². The lowest BCUT2D eigenvalue weighted by Gasteiger charge is -2.05. The normalized spacial score (nSPS) is 10.9. The van der Waals surface area contributed by atoms with Crippen LogP contribution in [0.1, 0.15) is 44.1 Å². The van der Waals surface area contributed by atoms with E-state index in [0.29, 0.717) is 0 Å². The van der Waals surface area contributed by atoms with Crippen molar-refractivity contribution in [1.82, 2.24) is 14.9 Å². The topological polar surface area (TPSA) is 29.9 Å². The van der Waals surface area contributed by atoms with Crippen LogP contribution in [0.15, 0.2) is 6.20 Å². The molecular formula is C13H25N3. The van der Waals surface area contributed by atoms with Crippen LogP contribution in [0.4, 0.5) is 0 Å². The van der Waals surface area contributed by atoms with Gasteiger partial charge in [-0.25, -0.2) is 4.98 Å². The Kier molecular flexibility index (Phi) is 6.16. The third kappa shape index (κ3) is 4.35. The van der Waals surface area contributed by atoms with E-state index in [1.54, 1.807) is 0 Å². The molecule has 3 nitrogen and oxygen atoms in total. The summed E-state index contributed by atoms with van der Waals surface area (Å²) in [4.78, 5) is 4.30. The number of hydrogen-bond acceptors (Lipinski definition) is 2. The maximum atomic E-state index is 4.30. The number of unbranched alkanes of at least 4 members (excludes halogenated alkanes) is 2. The molecule has 0 saturated carbocycles. The Morgan fingerprint density at radius 3 is 2.62 bits per heavy atom. The van der Waals surface area contributed by atoms with Crippen LogP contribution in [0.25, 0.3) is 0 Å². The van der Waals surface area contributed by atoms with E-state index in [1.165, 1.54) is 31.4 Å². The number of imidazole rings is 1. The van der Waals surface area contributed by atoms with E-state index in [-0.39, 0.29) is 0 Å². The molecule has 1 rings (SSSR count). The van der Waals surface area contributed by atoms with Gasteiger partial charge in [0.2, 0.25) is 0 Å². The molecule has 0 radical (unpaired) electrons. The number of nitrogens with zero attached hydrogens (tertiary/aromatic N) is 2. The van der Waals surface area contributed by atoms with Crippen molar-refractivity contribution >= 4 is 0 Å². The van der Waals surface area contributed by atoms with Gasteiger partial charge in [-0.15, -0.1) is 0 Å². The van der Waals surface area contributed by atoms with Gasteiger partial charge in [0.25, 0.3) is 0 Å². The second-order valence-corrected chi connectivity index (χ2v) is 4.42. The van der Waals surface area contributed by atoms with Crippen LogP contribution in [-0.4, -0.2) is 22.6 Å². The van der Waals surface area contributed by atoms with Crippen molar-refractivity contribution in [3.05, 3.63) is 17.7 Å². The van der Waals surface area contributed by atoms with Crippen molar-refractivity contribution in [3.8, 4) is 0 Å². The van der Waals surface area contributed by atoms with Crippen LogP contribution in [0.2, 0.25) is 0 Å². The first-order valence-corrected chi connectivity index (χ1v) is 6.43. The van der Waals surface area contributed by atoms with E-state index < -0.39 is 0 Å². The molecule has 1 heterocycles. The lowest BCUT2D eigenvalue weighted by atomic mass is 10.2. The highest BCUT2D eigenvalue weighted by Crippen LogP contribution is 2.04. The molecule has 0 aliphatic carbocycles. The third-order valence-corrected chi connectivity index (χ3v) is 3.06. The molecule has 0 amide bonds. The molecule has 0 spiro atoms. The van der Waals surface area contributed by atoms with Gasteiger partial charge in [0.15, 0.2) is 0 Å². The summed E-state index contributed by atoms with van der Waals surface area (Å²) in [6.07, 6.45) is 8.26. The van der Waals surface area contributed by atoms with Gasteiger partial charge < -0.3 is 9.88 Å². The number of nitrogens with one attached hydrogen (secondary N) is 1. The Morgan fingerprint density at radius 1 is 1.25 bits per heavy atom. The van der Waals surface area contributed by atoms with E-state index in [9.17, 15) is 0 Å². The zero-order valence-corrected chi connectivity index (χ0v) is 10.9. The van der Waals surface area contributed by atoms with Gasteiger partial charge >= 0.3 is 0 Å². The molecule has 0 saturated heterocycles. The Hall–Kier alpha value is -0.830. The van der Waals surface area contributed by atoms with E-state index >= 15 is 0 Å². The minimum atomic E-state index is 1.10. The standard InChI is InChI=1S/C13H25N3/c1-4-5-6-9-14-10-7-8-13-11-15-12(2)16(13)3/h11,14H,4-10H2,1-3H3. The molecule has 0 aromatic carbocycles. The van der Waals surface area contributed by atoms with E-state index in [1.807, 2.05) is 13.1 Å². The molecule has 3 heteroatoms. The summed E-state index contributed by atoms with van der Waals surface area (Å²) >= 11 is 0. The van der Waals surface area contributed by atoms with Crippen molar-refractivity contribution in [3.63, 3.8) is 0 Å². The van der Waals surface area contributed by atoms with Crippen LogP contribution in [0, 0.1) is 6.92 Å². The highest BCUT2D eigenvalue weighted by molar-refractivity contribution is 5.03. The smallest absolute Gasteiger partial charge is 0.105 e. The second-order valence-electron chi connectivity index (χ2n) is 4.42. The highest BCUT2D eigenvalue weighted by atomic mass is 15.0. The van der Waals surface area contributed by atoms with Crippen LogP contribution in [0.3, 0.4) is 0 Å². The fourth-order valence-electron chi connectivity index (χ4n) is 1.80. The molecule has 1 N–H and O–H groups in total. The first-order valence-electron chi connectivity index (χ1n) is 6.43. The lowest BCUT2D eigenvalue weighted by molar-refractivity contribution is 0.593. The molecule has 0 aliphatic heterocycles. The van der Waals surface area contributed by atoms with Gasteiger partial charge in [-0.1, -0.05) is 19.8 Å². The minimum absolute atomic E-state index is 1.10. The van der Waals surface area contributed by atoms with Crippen LogP contribution in [-0.2, 0) is 13.5 Å². The number of hydrogen-bond donors (Lipinski definition) is 1. The summed E-state index contributed by atoms with van der Waals surface area (Å²) in [5.74, 6) is 1.10. The molecule has 0 atom stereocenters. The van der Waals surface area contributed by atoms with Crippen molar-refractivity contribution < 1.29 is 0 Å². The SMILES string of the molecule is CCCCCNCCCc1cnc(C)n1C. The summed E-state index contributed by atoms with van der Waals surface area (Å²) in [5.41, 5.74) is 1.34. The fourth-order valence-corrected chi connectivity index (χ4v) is 1.80. The molecule has 0 aliphatic rings. The van der Waals surface area contributed by atoms with Gasteiger partial charge in [0.05, 0.1) is 0 Å². The number of aryl methyl sites for hydroxylation is 2. The predicted octanol–water partition coefficient (Wildman–Crippen LogP) is 2.44. The van der Waals surface area contributed by atoms with Crippen LogP contribution in [0.5, 0.6) is 0 Å². The summed E-state index contributed by atoms with van der Waals surface area (Å²) in [6, 6.07) is 0.